The molecule has 3 amide bonds. The van der Waals surface area contributed by atoms with Crippen molar-refractivity contribution in [2.24, 2.45) is 0 Å². The van der Waals surface area contributed by atoms with Gasteiger partial charge in [0.2, 0.25) is 5.95 Å². The molecule has 4 rings (SSSR count). The number of carbonyl (C=O) groups excluding carboxylic acids is 2. The van der Waals surface area contributed by atoms with Crippen LogP contribution in [0.15, 0.2) is 30.5 Å². The lowest BCUT2D eigenvalue weighted by molar-refractivity contribution is -0.550. The van der Waals surface area contributed by atoms with Gasteiger partial charge in [0, 0.05) is 37.4 Å². The Kier molecular flexibility index (Phi) is 7.95. The third-order valence-electron chi connectivity index (χ3n) is 6.57. The van der Waals surface area contributed by atoms with Crippen molar-refractivity contribution >= 4 is 35.1 Å². The second-order valence-electron chi connectivity index (χ2n) is 9.12. The Morgan fingerprint density at radius 1 is 1.09 bits per heavy atom. The zero-order valence-electron chi connectivity index (χ0n) is 20.2. The van der Waals surface area contributed by atoms with E-state index in [4.69, 9.17) is 4.98 Å². The van der Waals surface area contributed by atoms with Gasteiger partial charge in [-0.15, -0.1) is 0 Å². The molecule has 1 aromatic heterocycles. The largest absolute Gasteiger partial charge is 0.420 e. The molecule has 2 aromatic rings. The minimum absolute atomic E-state index is 0.0738. The summed E-state index contributed by atoms with van der Waals surface area (Å²) in [4.78, 5) is 37.9. The van der Waals surface area contributed by atoms with Crippen LogP contribution in [0.25, 0.3) is 0 Å². The summed E-state index contributed by atoms with van der Waals surface area (Å²) in [5.74, 6) is 1.19. The second-order valence-corrected chi connectivity index (χ2v) is 9.12. The molecule has 0 unspecified atom stereocenters. The van der Waals surface area contributed by atoms with Crippen molar-refractivity contribution in [3.63, 3.8) is 0 Å². The molecule has 0 radical (unpaired) electrons. The van der Waals surface area contributed by atoms with Gasteiger partial charge in [-0.2, -0.15) is 4.98 Å². The highest BCUT2D eigenvalue weighted by molar-refractivity contribution is 5.94. The number of amides is 3. The topological polar surface area (TPSA) is 107 Å². The van der Waals surface area contributed by atoms with Gasteiger partial charge in [-0.25, -0.2) is 9.78 Å². The molecule has 182 valence electrons. The highest BCUT2D eigenvalue weighted by Gasteiger charge is 2.23. The first kappa shape index (κ1) is 23.9. The Balaban J connectivity index is 1.49. The summed E-state index contributed by atoms with van der Waals surface area (Å²) in [7, 11) is 1.75. The Bertz CT molecular complexity index is 983. The van der Waals surface area contributed by atoms with E-state index in [-0.39, 0.29) is 11.9 Å². The first-order chi connectivity index (χ1) is 16.5. The predicted octanol–water partition coefficient (Wildman–Crippen LogP) is 3.34. The quantitative estimate of drug-likeness (QED) is 0.578. The second kappa shape index (κ2) is 11.3. The molecule has 0 spiro atoms. The number of quaternary nitrogens is 1. The van der Waals surface area contributed by atoms with Crippen LogP contribution in [-0.2, 0) is 0 Å². The van der Waals surface area contributed by atoms with Gasteiger partial charge in [0.1, 0.15) is 5.69 Å². The zero-order valence-corrected chi connectivity index (χ0v) is 20.2. The number of carbonyl (C=O) groups is 2. The summed E-state index contributed by atoms with van der Waals surface area (Å²) in [6.07, 6.45) is 9.62. The summed E-state index contributed by atoms with van der Waals surface area (Å²) in [5.41, 5.74) is 2.16. The number of aromatic nitrogens is 2. The van der Waals surface area contributed by atoms with Crippen molar-refractivity contribution in [1.82, 2.24) is 14.9 Å². The van der Waals surface area contributed by atoms with Crippen molar-refractivity contribution in [1.29, 1.82) is 0 Å². The molecule has 1 aromatic carbocycles. The van der Waals surface area contributed by atoms with E-state index < -0.39 is 0 Å². The third-order valence-corrected chi connectivity index (χ3v) is 6.57. The van der Waals surface area contributed by atoms with E-state index in [9.17, 15) is 9.59 Å². The molecule has 1 saturated heterocycles. The molecule has 2 aliphatic rings. The van der Waals surface area contributed by atoms with Crippen LogP contribution in [0.1, 0.15) is 62.2 Å². The molecular formula is C25H36N7O2+. The predicted molar refractivity (Wildman–Crippen MR) is 134 cm³/mol. The minimum atomic E-state index is -0.0738. The fourth-order valence-electron chi connectivity index (χ4n) is 4.59. The number of primary amides is 1. The maximum absolute atomic E-state index is 12.7. The number of nitrogens with two attached hydrogens (primary N) is 1. The van der Waals surface area contributed by atoms with Gasteiger partial charge in [-0.3, -0.25) is 15.0 Å². The van der Waals surface area contributed by atoms with Gasteiger partial charge in [-0.1, -0.05) is 12.8 Å². The number of piperidine rings is 1. The zero-order chi connectivity index (χ0) is 23.9. The fourth-order valence-corrected chi connectivity index (χ4v) is 4.59. The van der Waals surface area contributed by atoms with E-state index in [1.54, 1.807) is 23.5 Å². The van der Waals surface area contributed by atoms with E-state index in [1.165, 1.54) is 19.3 Å². The van der Waals surface area contributed by atoms with E-state index in [0.29, 0.717) is 35.6 Å². The summed E-state index contributed by atoms with van der Waals surface area (Å²) >= 11 is 0. The van der Waals surface area contributed by atoms with Crippen molar-refractivity contribution in [2.75, 3.05) is 42.2 Å². The molecule has 2 fully saturated rings. The smallest absolute Gasteiger partial charge is 0.365 e. The average Bonchev–Trinajstić information content (AvgIpc) is 3.38. The number of likely N-dealkylation sites (tertiary alicyclic amines) is 1. The van der Waals surface area contributed by atoms with Gasteiger partial charge in [0.15, 0.2) is 5.82 Å². The highest BCUT2D eigenvalue weighted by Crippen LogP contribution is 2.29. The van der Waals surface area contributed by atoms with Crippen molar-refractivity contribution in [2.45, 2.75) is 57.9 Å². The van der Waals surface area contributed by atoms with E-state index in [1.807, 2.05) is 36.1 Å². The molecule has 0 bridgehead atoms. The maximum atomic E-state index is 12.7. The van der Waals surface area contributed by atoms with Gasteiger partial charge in [0.05, 0.1) is 12.7 Å². The van der Waals surface area contributed by atoms with E-state index in [0.717, 1.165) is 44.5 Å². The normalized spacial score (nSPS) is 16.4. The minimum Gasteiger partial charge on any atom is -0.365 e. The fraction of sp³-hybridized carbons (Fsp3) is 0.520. The van der Waals surface area contributed by atoms with E-state index >= 15 is 0 Å². The third kappa shape index (κ3) is 5.83. The van der Waals surface area contributed by atoms with Gasteiger partial charge in [0.25, 0.3) is 5.91 Å². The monoisotopic (exact) mass is 466 g/mol. The molecule has 9 nitrogen and oxygen atoms in total. The van der Waals surface area contributed by atoms with Crippen molar-refractivity contribution in [3.05, 3.63) is 36.0 Å². The van der Waals surface area contributed by atoms with Crippen LogP contribution in [0.4, 0.5) is 27.9 Å². The lowest BCUT2D eigenvalue weighted by atomic mass is 10.1. The molecule has 9 heteroatoms. The molecule has 1 aliphatic heterocycles. The highest BCUT2D eigenvalue weighted by atomic mass is 16.2. The number of benzene rings is 1. The Labute approximate surface area is 201 Å². The number of hydrogen-bond acceptors (Lipinski definition) is 6. The first-order valence-electron chi connectivity index (χ1n) is 12.5. The summed E-state index contributed by atoms with van der Waals surface area (Å²) in [5, 5.41) is 8.41. The Morgan fingerprint density at radius 3 is 2.47 bits per heavy atom. The lowest BCUT2D eigenvalue weighted by Crippen LogP contribution is -2.90. The molecule has 2 heterocycles. The molecule has 1 saturated carbocycles. The molecule has 1 aliphatic carbocycles. The van der Waals surface area contributed by atoms with Crippen LogP contribution in [0.3, 0.4) is 0 Å². The maximum Gasteiger partial charge on any atom is 0.420 e. The molecular weight excluding hydrogens is 430 g/mol. The van der Waals surface area contributed by atoms with Crippen LogP contribution < -0.4 is 20.9 Å². The Hall–Kier alpha value is -3.20. The first-order valence-corrected chi connectivity index (χ1v) is 12.5. The number of nitrogens with zero attached hydrogens (tertiary/aromatic N) is 4. The SMILES string of the molecule is CC[NH2+]C(=O)N(C)c1cnc(Nc2ccc(C(=O)N3CCCCC3)cc2)nc1NC1CCCC1. The van der Waals surface area contributed by atoms with Crippen LogP contribution in [-0.4, -0.2) is 59.5 Å². The number of urea groups is 1. The van der Waals surface area contributed by atoms with E-state index in [2.05, 4.69) is 15.6 Å². The van der Waals surface area contributed by atoms with Crippen molar-refractivity contribution in [3.8, 4) is 0 Å². The summed E-state index contributed by atoms with van der Waals surface area (Å²) in [6.45, 7) is 4.29. The van der Waals surface area contributed by atoms with Gasteiger partial charge in [-0.05, 0) is 63.3 Å². The molecule has 4 N–H and O–H groups in total. The molecule has 34 heavy (non-hydrogen) atoms. The standard InChI is InChI=1S/C25H35N7O2/c1-3-26-25(34)31(2)21-17-27-24(30-22(21)28-19-9-5-6-10-19)29-20-13-11-18(12-14-20)23(33)32-15-7-4-8-16-32/h11-14,17,19H,3-10,15-16H2,1-2H3,(H,26,34)(H2,27,28,29,30)/p+1. The van der Waals surface area contributed by atoms with Gasteiger partial charge < -0.3 is 15.5 Å². The number of rotatable bonds is 7. The van der Waals surface area contributed by atoms with Crippen LogP contribution in [0, 0.1) is 0 Å². The number of nitrogens with one attached hydrogen (secondary N) is 2. The van der Waals surface area contributed by atoms with Crippen molar-refractivity contribution < 1.29 is 14.9 Å². The number of hydrogen-bond donors (Lipinski definition) is 3. The van der Waals surface area contributed by atoms with Gasteiger partial charge >= 0.3 is 6.03 Å². The van der Waals surface area contributed by atoms with Crippen LogP contribution >= 0.6 is 0 Å². The number of anilines is 4. The summed E-state index contributed by atoms with van der Waals surface area (Å²) in [6, 6.07) is 7.72. The Morgan fingerprint density at radius 2 is 1.79 bits per heavy atom. The van der Waals surface area contributed by atoms with Crippen LogP contribution in [0.5, 0.6) is 0 Å². The van der Waals surface area contributed by atoms with Crippen LogP contribution in [0.2, 0.25) is 0 Å². The summed E-state index contributed by atoms with van der Waals surface area (Å²) < 4.78 is 0. The lowest BCUT2D eigenvalue weighted by Gasteiger charge is -2.26. The molecule has 0 atom stereocenters. The average molecular weight is 467 g/mol.